The molecule has 104 valence electrons. The van der Waals surface area contributed by atoms with Crippen LogP contribution in [-0.2, 0) is 17.9 Å². The van der Waals surface area contributed by atoms with Gasteiger partial charge in [-0.1, -0.05) is 34.1 Å². The van der Waals surface area contributed by atoms with E-state index in [2.05, 4.69) is 26.0 Å². The summed E-state index contributed by atoms with van der Waals surface area (Å²) in [6, 6.07) is 6.73. The molecule has 1 aromatic carbocycles. The fraction of sp³-hybridized carbons (Fsp3) is 0.308. The van der Waals surface area contributed by atoms with Gasteiger partial charge in [0.15, 0.2) is 0 Å². The molecule has 0 radical (unpaired) electrons. The van der Waals surface area contributed by atoms with Crippen LogP contribution in [0, 0.1) is 0 Å². The summed E-state index contributed by atoms with van der Waals surface area (Å²) in [5.41, 5.74) is 0.757. The molecule has 1 aliphatic rings. The van der Waals surface area contributed by atoms with Gasteiger partial charge in [0.1, 0.15) is 18.2 Å². The van der Waals surface area contributed by atoms with Crippen molar-refractivity contribution < 1.29 is 9.90 Å². The van der Waals surface area contributed by atoms with Crippen molar-refractivity contribution in [1.29, 1.82) is 0 Å². The second-order valence-electron chi connectivity index (χ2n) is 4.63. The van der Waals surface area contributed by atoms with Gasteiger partial charge in [0.25, 0.3) is 0 Å². The van der Waals surface area contributed by atoms with Crippen LogP contribution in [0.25, 0.3) is 0 Å². The number of nitrogens with zero attached hydrogens (tertiary/aromatic N) is 4. The minimum Gasteiger partial charge on any atom is -0.480 e. The number of aromatic nitrogens is 3. The Kier molecular flexibility index (Phi) is 3.54. The van der Waals surface area contributed by atoms with Crippen LogP contribution in [0.3, 0.4) is 0 Å². The van der Waals surface area contributed by atoms with E-state index in [0.29, 0.717) is 19.6 Å². The predicted octanol–water partition coefficient (Wildman–Crippen LogP) is 1.68. The molecule has 1 unspecified atom stereocenters. The zero-order valence-corrected chi connectivity index (χ0v) is 12.2. The number of carboxylic acid groups (broad SMARTS) is 1. The molecule has 1 aliphatic heterocycles. The third-order valence-corrected chi connectivity index (χ3v) is 4.16. The number of hydrogen-bond acceptors (Lipinski definition) is 4. The molecule has 0 aliphatic carbocycles. The van der Waals surface area contributed by atoms with Gasteiger partial charge in [0.05, 0.1) is 13.1 Å². The molecule has 0 fully saturated rings. The highest BCUT2D eigenvalue weighted by molar-refractivity contribution is 9.10. The standard InChI is InChI=1S/C13H13BrN4O2/c14-10-4-2-1-3-9(10)12(13(19)20)17-5-6-18-11(7-17)15-8-16-18/h1-4,8,12H,5-7H2,(H,19,20). The third-order valence-electron chi connectivity index (χ3n) is 3.44. The summed E-state index contributed by atoms with van der Waals surface area (Å²) in [6.07, 6.45) is 1.51. The van der Waals surface area contributed by atoms with E-state index < -0.39 is 12.0 Å². The van der Waals surface area contributed by atoms with Gasteiger partial charge in [-0.15, -0.1) is 0 Å². The maximum absolute atomic E-state index is 11.7. The summed E-state index contributed by atoms with van der Waals surface area (Å²) < 4.78 is 2.62. The zero-order chi connectivity index (χ0) is 14.1. The van der Waals surface area contributed by atoms with Crippen molar-refractivity contribution in [2.45, 2.75) is 19.1 Å². The van der Waals surface area contributed by atoms with Crippen LogP contribution in [0.1, 0.15) is 17.4 Å². The monoisotopic (exact) mass is 336 g/mol. The highest BCUT2D eigenvalue weighted by Crippen LogP contribution is 2.30. The number of fused-ring (bicyclic) bond motifs is 1. The van der Waals surface area contributed by atoms with Crippen LogP contribution in [-0.4, -0.2) is 37.3 Å². The van der Waals surface area contributed by atoms with Gasteiger partial charge < -0.3 is 5.11 Å². The fourth-order valence-electron chi connectivity index (χ4n) is 2.48. The maximum Gasteiger partial charge on any atom is 0.325 e. The van der Waals surface area contributed by atoms with Crippen LogP contribution < -0.4 is 0 Å². The van der Waals surface area contributed by atoms with E-state index in [1.54, 1.807) is 0 Å². The molecule has 3 rings (SSSR count). The van der Waals surface area contributed by atoms with Crippen LogP contribution in [0.5, 0.6) is 0 Å². The molecular weight excluding hydrogens is 324 g/mol. The molecule has 6 nitrogen and oxygen atoms in total. The lowest BCUT2D eigenvalue weighted by Crippen LogP contribution is -2.40. The van der Waals surface area contributed by atoms with Crippen molar-refractivity contribution in [1.82, 2.24) is 19.7 Å². The molecule has 7 heteroatoms. The highest BCUT2D eigenvalue weighted by atomic mass is 79.9. The Morgan fingerprint density at radius 1 is 1.35 bits per heavy atom. The van der Waals surface area contributed by atoms with E-state index in [4.69, 9.17) is 0 Å². The first-order chi connectivity index (χ1) is 9.66. The lowest BCUT2D eigenvalue weighted by Gasteiger charge is -2.32. The van der Waals surface area contributed by atoms with Crippen molar-refractivity contribution in [2.24, 2.45) is 0 Å². The molecular formula is C13H13BrN4O2. The minimum absolute atomic E-state index is 0.484. The van der Waals surface area contributed by atoms with Crippen LogP contribution in [0.15, 0.2) is 35.1 Å². The van der Waals surface area contributed by atoms with Crippen LogP contribution >= 0.6 is 15.9 Å². The van der Waals surface area contributed by atoms with Crippen LogP contribution in [0.4, 0.5) is 0 Å². The van der Waals surface area contributed by atoms with E-state index in [-0.39, 0.29) is 0 Å². The number of benzene rings is 1. The number of aliphatic carboxylic acids is 1. The molecule has 1 atom stereocenters. The summed E-state index contributed by atoms with van der Waals surface area (Å²) >= 11 is 3.43. The maximum atomic E-state index is 11.7. The summed E-state index contributed by atoms with van der Waals surface area (Å²) in [4.78, 5) is 17.8. The fourth-order valence-corrected chi connectivity index (χ4v) is 2.99. The zero-order valence-electron chi connectivity index (χ0n) is 10.6. The Hall–Kier alpha value is -1.73. The lowest BCUT2D eigenvalue weighted by molar-refractivity contribution is -0.144. The molecule has 1 aromatic heterocycles. The molecule has 0 saturated carbocycles. The Morgan fingerprint density at radius 3 is 2.90 bits per heavy atom. The average molecular weight is 337 g/mol. The van der Waals surface area contributed by atoms with Crippen molar-refractivity contribution >= 4 is 21.9 Å². The molecule has 0 amide bonds. The van der Waals surface area contributed by atoms with Gasteiger partial charge in [-0.25, -0.2) is 9.67 Å². The molecule has 20 heavy (non-hydrogen) atoms. The molecule has 0 bridgehead atoms. The van der Waals surface area contributed by atoms with E-state index in [0.717, 1.165) is 15.9 Å². The number of carbonyl (C=O) groups is 1. The lowest BCUT2D eigenvalue weighted by atomic mass is 10.0. The average Bonchev–Trinajstić information content (AvgIpc) is 2.88. The Labute approximate surface area is 124 Å². The predicted molar refractivity (Wildman–Crippen MR) is 75.0 cm³/mol. The first-order valence-corrected chi connectivity index (χ1v) is 7.04. The van der Waals surface area contributed by atoms with E-state index in [9.17, 15) is 9.90 Å². The highest BCUT2D eigenvalue weighted by Gasteiger charge is 2.32. The van der Waals surface area contributed by atoms with E-state index in [1.807, 2.05) is 33.8 Å². The smallest absolute Gasteiger partial charge is 0.325 e. The van der Waals surface area contributed by atoms with Crippen molar-refractivity contribution in [3.63, 3.8) is 0 Å². The third kappa shape index (κ3) is 2.34. The largest absolute Gasteiger partial charge is 0.480 e. The van der Waals surface area contributed by atoms with Gasteiger partial charge in [-0.2, -0.15) is 5.10 Å². The van der Waals surface area contributed by atoms with Crippen molar-refractivity contribution in [3.8, 4) is 0 Å². The Bertz CT molecular complexity index is 643. The van der Waals surface area contributed by atoms with Gasteiger partial charge in [-0.3, -0.25) is 9.69 Å². The van der Waals surface area contributed by atoms with E-state index in [1.165, 1.54) is 6.33 Å². The number of halogens is 1. The normalized spacial score (nSPS) is 16.6. The van der Waals surface area contributed by atoms with Gasteiger partial charge >= 0.3 is 5.97 Å². The van der Waals surface area contributed by atoms with Crippen molar-refractivity contribution in [2.75, 3.05) is 6.54 Å². The minimum atomic E-state index is -0.857. The summed E-state index contributed by atoms with van der Waals surface area (Å²) in [7, 11) is 0. The first kappa shape index (κ1) is 13.3. The Balaban J connectivity index is 1.93. The molecule has 2 heterocycles. The Morgan fingerprint density at radius 2 is 2.15 bits per heavy atom. The number of hydrogen-bond donors (Lipinski definition) is 1. The second kappa shape index (κ2) is 5.34. The topological polar surface area (TPSA) is 71.2 Å². The molecule has 2 aromatic rings. The molecule has 0 saturated heterocycles. The van der Waals surface area contributed by atoms with Crippen LogP contribution in [0.2, 0.25) is 0 Å². The first-order valence-electron chi connectivity index (χ1n) is 6.25. The van der Waals surface area contributed by atoms with Crippen molar-refractivity contribution in [3.05, 3.63) is 46.5 Å². The summed E-state index contributed by atoms with van der Waals surface area (Å²) in [6.45, 7) is 1.77. The molecule has 0 spiro atoms. The summed E-state index contributed by atoms with van der Waals surface area (Å²) in [5.74, 6) is -0.0561. The second-order valence-corrected chi connectivity index (χ2v) is 5.49. The quantitative estimate of drug-likeness (QED) is 0.923. The number of carboxylic acids is 1. The summed E-state index contributed by atoms with van der Waals surface area (Å²) in [5, 5.41) is 13.7. The van der Waals surface area contributed by atoms with Gasteiger partial charge in [-0.05, 0) is 11.6 Å². The van der Waals surface area contributed by atoms with Gasteiger partial charge in [0.2, 0.25) is 0 Å². The SMILES string of the molecule is O=C(O)C(c1ccccc1Br)N1CCn2ncnc2C1. The number of rotatable bonds is 3. The molecule has 1 N–H and O–H groups in total. The van der Waals surface area contributed by atoms with Gasteiger partial charge in [0, 0.05) is 11.0 Å². The van der Waals surface area contributed by atoms with E-state index >= 15 is 0 Å².